The molecule has 0 amide bonds. The number of hydrogen-bond acceptors (Lipinski definition) is 15. The third-order valence-electron chi connectivity index (χ3n) is 14.3. The van der Waals surface area contributed by atoms with Crippen LogP contribution in [0.4, 0.5) is 0 Å². The van der Waals surface area contributed by atoms with Crippen molar-refractivity contribution in [2.24, 2.45) is 0 Å². The normalized spacial score (nSPS) is 24.6. The maximum Gasteiger partial charge on any atom is 0.306 e. The van der Waals surface area contributed by atoms with E-state index in [2.05, 4.69) is 74.6 Å². The van der Waals surface area contributed by atoms with Gasteiger partial charge < -0.3 is 64.2 Å². The Bertz CT molecular complexity index is 1570. The summed E-state index contributed by atoms with van der Waals surface area (Å²) in [5.41, 5.74) is 0. The molecule has 15 nitrogen and oxygen atoms in total. The zero-order chi connectivity index (χ0) is 56.0. The molecule has 15 heteroatoms. The summed E-state index contributed by atoms with van der Waals surface area (Å²) in [6.07, 6.45) is 41.0. The van der Waals surface area contributed by atoms with Crippen LogP contribution >= 0.6 is 0 Å². The molecule has 0 aromatic carbocycles. The molecule has 2 aliphatic rings. The summed E-state index contributed by atoms with van der Waals surface area (Å²) in [4.78, 5) is 25.9. The van der Waals surface area contributed by atoms with E-state index in [0.29, 0.717) is 12.8 Å². The van der Waals surface area contributed by atoms with Crippen LogP contribution in [-0.4, -0.2) is 142 Å². The Morgan fingerprint density at radius 3 is 1.29 bits per heavy atom. The van der Waals surface area contributed by atoms with Crippen LogP contribution in [0, 0.1) is 0 Å². The summed E-state index contributed by atoms with van der Waals surface area (Å²) in [6, 6.07) is 0. The molecule has 2 aliphatic heterocycles. The topological polar surface area (TPSA) is 231 Å². The Morgan fingerprint density at radius 1 is 0.429 bits per heavy atom. The van der Waals surface area contributed by atoms with E-state index in [4.69, 9.17) is 28.4 Å². The third-order valence-corrected chi connectivity index (χ3v) is 14.3. The summed E-state index contributed by atoms with van der Waals surface area (Å²) < 4.78 is 33.7. The molecular formula is C62H108O15. The van der Waals surface area contributed by atoms with Gasteiger partial charge in [-0.2, -0.15) is 0 Å². The first-order chi connectivity index (χ1) is 37.5. The Labute approximate surface area is 464 Å². The minimum absolute atomic E-state index is 0.159. The Morgan fingerprint density at radius 2 is 0.818 bits per heavy atom. The molecule has 2 fully saturated rings. The van der Waals surface area contributed by atoms with Gasteiger partial charge in [0.05, 0.1) is 19.8 Å². The first-order valence-electron chi connectivity index (χ1n) is 30.4. The number of ether oxygens (including phenoxy) is 6. The van der Waals surface area contributed by atoms with Crippen LogP contribution in [0.25, 0.3) is 0 Å². The second kappa shape index (κ2) is 48.0. The summed E-state index contributed by atoms with van der Waals surface area (Å²) >= 11 is 0. The van der Waals surface area contributed by atoms with Crippen molar-refractivity contribution in [3.05, 3.63) is 60.8 Å². The lowest BCUT2D eigenvalue weighted by molar-refractivity contribution is -0.332. The van der Waals surface area contributed by atoms with E-state index >= 15 is 0 Å². The molecule has 2 heterocycles. The van der Waals surface area contributed by atoms with E-state index in [1.807, 2.05) is 0 Å². The first kappa shape index (κ1) is 70.3. The molecule has 0 saturated carbocycles. The van der Waals surface area contributed by atoms with Crippen molar-refractivity contribution in [2.75, 3.05) is 26.4 Å². The number of carbonyl (C=O) groups is 2. The van der Waals surface area contributed by atoms with Crippen LogP contribution in [0.15, 0.2) is 60.8 Å². The lowest BCUT2D eigenvalue weighted by Gasteiger charge is -2.42. The van der Waals surface area contributed by atoms with Gasteiger partial charge in [0.2, 0.25) is 0 Å². The van der Waals surface area contributed by atoms with Gasteiger partial charge in [-0.15, -0.1) is 0 Å². The van der Waals surface area contributed by atoms with Gasteiger partial charge in [-0.25, -0.2) is 0 Å². The van der Waals surface area contributed by atoms with E-state index in [1.54, 1.807) is 0 Å². The molecule has 0 radical (unpaired) electrons. The average molecular weight is 1090 g/mol. The molecule has 0 aliphatic carbocycles. The second-order valence-corrected chi connectivity index (χ2v) is 21.2. The van der Waals surface area contributed by atoms with Crippen molar-refractivity contribution in [2.45, 2.75) is 293 Å². The monoisotopic (exact) mass is 1090 g/mol. The molecule has 77 heavy (non-hydrogen) atoms. The largest absolute Gasteiger partial charge is 0.462 e. The molecule has 4 unspecified atom stereocenters. The van der Waals surface area contributed by atoms with Crippen molar-refractivity contribution in [3.63, 3.8) is 0 Å². The molecule has 0 aromatic heterocycles. The zero-order valence-corrected chi connectivity index (χ0v) is 47.7. The number of carbonyl (C=O) groups excluding carboxylic acids is 2. The third kappa shape index (κ3) is 34.8. The number of unbranched alkanes of at least 4 members (excludes halogenated alkanes) is 24. The zero-order valence-electron chi connectivity index (χ0n) is 47.7. The van der Waals surface area contributed by atoms with E-state index < -0.39 is 99.3 Å². The molecule has 0 spiro atoms. The molecule has 11 atom stereocenters. The maximum absolute atomic E-state index is 13.1. The Balaban J connectivity index is 1.74. The van der Waals surface area contributed by atoms with Gasteiger partial charge in [0.15, 0.2) is 18.7 Å². The highest BCUT2D eigenvalue weighted by Gasteiger charge is 2.47. The second-order valence-electron chi connectivity index (χ2n) is 21.2. The van der Waals surface area contributed by atoms with Crippen molar-refractivity contribution < 1.29 is 73.8 Å². The van der Waals surface area contributed by atoms with E-state index in [9.17, 15) is 45.3 Å². The average Bonchev–Trinajstić information content (AvgIpc) is 3.43. The smallest absolute Gasteiger partial charge is 0.306 e. The van der Waals surface area contributed by atoms with Gasteiger partial charge in [0, 0.05) is 12.8 Å². The minimum atomic E-state index is -1.77. The Hall–Kier alpha value is -2.80. The lowest BCUT2D eigenvalue weighted by atomic mass is 9.98. The van der Waals surface area contributed by atoms with Crippen LogP contribution in [-0.2, 0) is 38.0 Å². The van der Waals surface area contributed by atoms with E-state index in [0.717, 1.165) is 70.6 Å². The number of hydrogen-bond donors (Lipinski definition) is 7. The van der Waals surface area contributed by atoms with Gasteiger partial charge in [0.1, 0.15) is 55.4 Å². The highest BCUT2D eigenvalue weighted by molar-refractivity contribution is 5.70. The number of allylic oxidation sites excluding steroid dienone is 10. The predicted molar refractivity (Wildman–Crippen MR) is 303 cm³/mol. The summed E-state index contributed by atoms with van der Waals surface area (Å²) in [5.74, 6) is -0.956. The lowest BCUT2D eigenvalue weighted by Crippen LogP contribution is -2.61. The Kier molecular flexibility index (Phi) is 43.8. The number of rotatable bonds is 48. The predicted octanol–water partition coefficient (Wildman–Crippen LogP) is 10.8. The molecule has 2 saturated heterocycles. The quantitative estimate of drug-likeness (QED) is 0.0171. The number of aliphatic hydroxyl groups excluding tert-OH is 7. The molecular weight excluding hydrogens is 985 g/mol. The van der Waals surface area contributed by atoms with E-state index in [1.165, 1.54) is 116 Å². The van der Waals surface area contributed by atoms with E-state index in [-0.39, 0.29) is 19.4 Å². The summed E-state index contributed by atoms with van der Waals surface area (Å²) in [6.45, 7) is 2.48. The first-order valence-corrected chi connectivity index (χ1v) is 30.4. The molecule has 2 rings (SSSR count). The fourth-order valence-electron chi connectivity index (χ4n) is 9.36. The van der Waals surface area contributed by atoms with Crippen molar-refractivity contribution in [1.29, 1.82) is 0 Å². The van der Waals surface area contributed by atoms with Gasteiger partial charge in [-0.3, -0.25) is 9.59 Å². The SMILES string of the molecule is CC/C=C/C/C=C/C/C=C/C/C=C/C/C=C/CCCCCC(=O)OC[C@H](CO[C@H]1O[C@@H](CO[C@H]2O[C@@H](CO)[C@@H](O)C(O)C2O)[C@@H](O)C(O)C1O)OC(=O)CCCCCCCCCCCCCCCCCCCCCCCC. The molecule has 0 aromatic rings. The van der Waals surface area contributed by atoms with Crippen LogP contribution in [0.1, 0.15) is 226 Å². The van der Waals surface area contributed by atoms with Crippen LogP contribution in [0.2, 0.25) is 0 Å². The van der Waals surface area contributed by atoms with Gasteiger partial charge in [0.25, 0.3) is 0 Å². The van der Waals surface area contributed by atoms with Crippen LogP contribution in [0.3, 0.4) is 0 Å². The summed E-state index contributed by atoms with van der Waals surface area (Å²) in [7, 11) is 0. The van der Waals surface area contributed by atoms with Gasteiger partial charge in [-0.05, 0) is 57.8 Å². The van der Waals surface area contributed by atoms with Crippen LogP contribution < -0.4 is 0 Å². The highest BCUT2D eigenvalue weighted by atomic mass is 16.7. The molecule has 0 bridgehead atoms. The summed E-state index contributed by atoms with van der Waals surface area (Å²) in [5, 5.41) is 72.4. The highest BCUT2D eigenvalue weighted by Crippen LogP contribution is 2.27. The van der Waals surface area contributed by atoms with Crippen LogP contribution in [0.5, 0.6) is 0 Å². The minimum Gasteiger partial charge on any atom is -0.462 e. The van der Waals surface area contributed by atoms with Gasteiger partial charge >= 0.3 is 11.9 Å². The standard InChI is InChI=1S/C62H108O15/c1-3-5-7-9-11-13-15-17-19-21-23-24-25-27-29-31-33-35-37-39-41-43-45-54(65)75-50(47-72-53(64)44-42-40-38-36-34-32-30-28-26-22-20-18-16-14-12-10-8-6-4-2)48-73-61-60(71)58(69)56(67)52(77-61)49-74-62-59(70)57(68)55(66)51(46-63)76-62/h6,8,12,14,18,20,26,28,32,34,50-52,55-63,66-71H,3-5,7,9-11,13,15-17,19,21-25,27,29-31,33,35-49H2,1-2H3/b8-6+,14-12+,20-18+,28-26+,34-32+/t50-,51+,52+,55-,56-,57?,58?,59?,60?,61+,62+/m1/s1. The maximum atomic E-state index is 13.1. The fourth-order valence-corrected chi connectivity index (χ4v) is 9.36. The number of aliphatic hydroxyl groups is 7. The van der Waals surface area contributed by atoms with Gasteiger partial charge in [-0.1, -0.05) is 216 Å². The van der Waals surface area contributed by atoms with Crippen molar-refractivity contribution in [3.8, 4) is 0 Å². The molecule has 7 N–H and O–H groups in total. The van der Waals surface area contributed by atoms with Crippen molar-refractivity contribution >= 4 is 11.9 Å². The molecule has 446 valence electrons. The fraction of sp³-hybridized carbons (Fsp3) is 0.806. The van der Waals surface area contributed by atoms with Crippen molar-refractivity contribution in [1.82, 2.24) is 0 Å². The number of esters is 2.